The summed E-state index contributed by atoms with van der Waals surface area (Å²) in [6.45, 7) is 4.77. The van der Waals surface area contributed by atoms with Crippen molar-refractivity contribution in [3.63, 3.8) is 0 Å². The Morgan fingerprint density at radius 3 is 2.21 bits per heavy atom. The quantitative estimate of drug-likeness (QED) is 0.618. The van der Waals surface area contributed by atoms with Crippen molar-refractivity contribution in [3.05, 3.63) is 58.6 Å². The highest BCUT2D eigenvalue weighted by atomic mass is 35.5. The van der Waals surface area contributed by atoms with Crippen molar-refractivity contribution in [1.82, 2.24) is 4.90 Å². The summed E-state index contributed by atoms with van der Waals surface area (Å²) in [7, 11) is 2.90. The zero-order valence-electron chi connectivity index (χ0n) is 16.4. The van der Waals surface area contributed by atoms with Crippen LogP contribution in [0.15, 0.2) is 42.5 Å². The number of esters is 1. The molecule has 0 aliphatic heterocycles. The molecule has 0 aliphatic rings. The highest BCUT2D eigenvalue weighted by molar-refractivity contribution is 6.32. The van der Waals surface area contributed by atoms with Crippen LogP contribution >= 0.6 is 11.6 Å². The van der Waals surface area contributed by atoms with Crippen LogP contribution in [-0.2, 0) is 9.53 Å². The number of amides is 1. The fourth-order valence-electron chi connectivity index (χ4n) is 2.80. The fourth-order valence-corrected chi connectivity index (χ4v) is 3.09. The Hall–Kier alpha value is -2.73. The summed E-state index contributed by atoms with van der Waals surface area (Å²) in [5.74, 6) is -0.346. The van der Waals surface area contributed by atoms with E-state index in [1.165, 1.54) is 26.4 Å². The minimum atomic E-state index is -1.06. The van der Waals surface area contributed by atoms with E-state index in [4.69, 9.17) is 25.8 Å². The van der Waals surface area contributed by atoms with Crippen LogP contribution in [0.5, 0.6) is 11.5 Å². The number of likely N-dealkylation sites (N-methyl/N-ethyl adjacent to an activating group) is 1. The Labute approximate surface area is 169 Å². The van der Waals surface area contributed by atoms with Gasteiger partial charge in [0.25, 0.3) is 5.91 Å². The van der Waals surface area contributed by atoms with Crippen LogP contribution in [0, 0.1) is 0 Å². The van der Waals surface area contributed by atoms with Crippen molar-refractivity contribution in [2.45, 2.75) is 20.0 Å². The van der Waals surface area contributed by atoms with Crippen molar-refractivity contribution in [2.24, 2.45) is 0 Å². The van der Waals surface area contributed by atoms with Crippen molar-refractivity contribution >= 4 is 23.5 Å². The largest absolute Gasteiger partial charge is 0.493 e. The highest BCUT2D eigenvalue weighted by Gasteiger charge is 2.29. The monoisotopic (exact) mass is 405 g/mol. The van der Waals surface area contributed by atoms with E-state index >= 15 is 0 Å². The number of carbonyl (C=O) groups is 2. The van der Waals surface area contributed by atoms with Crippen molar-refractivity contribution in [1.29, 1.82) is 0 Å². The number of ether oxygens (including phenoxy) is 3. The van der Waals surface area contributed by atoms with Crippen molar-refractivity contribution in [3.8, 4) is 11.5 Å². The molecule has 2 rings (SSSR count). The van der Waals surface area contributed by atoms with E-state index in [-0.39, 0.29) is 16.5 Å². The van der Waals surface area contributed by atoms with E-state index in [0.717, 1.165) is 0 Å². The lowest BCUT2D eigenvalue weighted by Gasteiger charge is -2.25. The van der Waals surface area contributed by atoms with Crippen LogP contribution < -0.4 is 9.47 Å². The molecule has 0 fully saturated rings. The molecule has 7 heteroatoms. The molecule has 2 aromatic rings. The number of hydrogen-bond donors (Lipinski definition) is 0. The molecule has 0 N–H and O–H groups in total. The van der Waals surface area contributed by atoms with Gasteiger partial charge < -0.3 is 19.1 Å². The molecule has 2 aromatic carbocycles. The van der Waals surface area contributed by atoms with Crippen LogP contribution in [0.3, 0.4) is 0 Å². The first-order valence-electron chi connectivity index (χ1n) is 8.92. The molecule has 0 bridgehead atoms. The van der Waals surface area contributed by atoms with Crippen LogP contribution in [-0.4, -0.2) is 44.1 Å². The summed E-state index contributed by atoms with van der Waals surface area (Å²) in [5, 5.41) is 0.208. The molecule has 0 radical (unpaired) electrons. The van der Waals surface area contributed by atoms with Gasteiger partial charge in [0.2, 0.25) is 6.10 Å². The topological polar surface area (TPSA) is 65.1 Å². The maximum atomic E-state index is 12.9. The maximum Gasteiger partial charge on any atom is 0.339 e. The molecule has 0 aromatic heterocycles. The molecule has 150 valence electrons. The first-order chi connectivity index (χ1) is 13.5. The van der Waals surface area contributed by atoms with Gasteiger partial charge in [-0.3, -0.25) is 4.79 Å². The second kappa shape index (κ2) is 9.99. The zero-order chi connectivity index (χ0) is 20.7. The van der Waals surface area contributed by atoms with Gasteiger partial charge in [-0.2, -0.15) is 0 Å². The van der Waals surface area contributed by atoms with E-state index in [0.29, 0.717) is 30.2 Å². The molecule has 0 aliphatic carbocycles. The standard InChI is InChI=1S/C21H24ClNO5/c1-5-23(6-2)20(24)18(14-10-8-7-9-11-14)28-21(25)15-12-16(22)19(27-4)17(13-15)26-3/h7-13,18H,5-6H2,1-4H3/t18-/m0/s1. The molecule has 0 heterocycles. The van der Waals surface area contributed by atoms with Gasteiger partial charge in [0.15, 0.2) is 11.5 Å². The second-order valence-electron chi connectivity index (χ2n) is 5.90. The van der Waals surface area contributed by atoms with Gasteiger partial charge in [-0.05, 0) is 26.0 Å². The van der Waals surface area contributed by atoms with E-state index < -0.39 is 12.1 Å². The van der Waals surface area contributed by atoms with E-state index in [9.17, 15) is 9.59 Å². The SMILES string of the molecule is CCN(CC)C(=O)[C@@H](OC(=O)c1cc(Cl)c(OC)c(OC)c1)c1ccccc1. The predicted octanol–water partition coefficient (Wildman–Crippen LogP) is 4.12. The summed E-state index contributed by atoms with van der Waals surface area (Å²) in [6.07, 6.45) is -1.06. The van der Waals surface area contributed by atoms with Gasteiger partial charge in [0.05, 0.1) is 24.8 Å². The van der Waals surface area contributed by atoms with Gasteiger partial charge in [-0.1, -0.05) is 41.9 Å². The fraction of sp³-hybridized carbons (Fsp3) is 0.333. The Kier molecular flexibility index (Phi) is 7.70. The lowest BCUT2D eigenvalue weighted by molar-refractivity contribution is -0.140. The molecule has 28 heavy (non-hydrogen) atoms. The Balaban J connectivity index is 2.38. The molecule has 6 nitrogen and oxygen atoms in total. The number of methoxy groups -OCH3 is 2. The molecule has 1 amide bonds. The van der Waals surface area contributed by atoms with E-state index in [1.54, 1.807) is 29.2 Å². The Bertz CT molecular complexity index is 821. The first kappa shape index (κ1) is 21.6. The first-order valence-corrected chi connectivity index (χ1v) is 9.30. The maximum absolute atomic E-state index is 12.9. The second-order valence-corrected chi connectivity index (χ2v) is 6.31. The normalized spacial score (nSPS) is 11.5. The number of halogens is 1. The minimum absolute atomic E-state index is 0.163. The van der Waals surface area contributed by atoms with E-state index in [2.05, 4.69) is 0 Å². The van der Waals surface area contributed by atoms with Gasteiger partial charge in [-0.25, -0.2) is 4.79 Å². The minimum Gasteiger partial charge on any atom is -0.493 e. The molecular formula is C21H24ClNO5. The third-order valence-electron chi connectivity index (χ3n) is 4.30. The summed E-state index contributed by atoms with van der Waals surface area (Å²) < 4.78 is 16.0. The third kappa shape index (κ3) is 4.75. The highest BCUT2D eigenvalue weighted by Crippen LogP contribution is 2.36. The van der Waals surface area contributed by atoms with Crippen LogP contribution in [0.2, 0.25) is 5.02 Å². The average Bonchev–Trinajstić information content (AvgIpc) is 2.72. The predicted molar refractivity (Wildman–Crippen MR) is 107 cm³/mol. The van der Waals surface area contributed by atoms with Crippen molar-refractivity contribution < 1.29 is 23.8 Å². The Morgan fingerprint density at radius 2 is 1.68 bits per heavy atom. The van der Waals surface area contributed by atoms with Gasteiger partial charge in [-0.15, -0.1) is 0 Å². The van der Waals surface area contributed by atoms with Gasteiger partial charge >= 0.3 is 5.97 Å². The smallest absolute Gasteiger partial charge is 0.339 e. The number of carbonyl (C=O) groups excluding carboxylic acids is 2. The summed E-state index contributed by atoms with van der Waals surface area (Å²) in [6, 6.07) is 11.8. The summed E-state index contributed by atoms with van der Waals surface area (Å²) >= 11 is 6.18. The molecular weight excluding hydrogens is 382 g/mol. The Morgan fingerprint density at radius 1 is 1.04 bits per heavy atom. The third-order valence-corrected chi connectivity index (χ3v) is 4.58. The summed E-state index contributed by atoms with van der Waals surface area (Å²) in [4.78, 5) is 27.4. The molecule has 0 saturated carbocycles. The average molecular weight is 406 g/mol. The number of benzene rings is 2. The molecule has 1 atom stereocenters. The van der Waals surface area contributed by atoms with Crippen LogP contribution in [0.25, 0.3) is 0 Å². The zero-order valence-corrected chi connectivity index (χ0v) is 17.2. The van der Waals surface area contributed by atoms with Gasteiger partial charge in [0.1, 0.15) is 0 Å². The van der Waals surface area contributed by atoms with Gasteiger partial charge in [0, 0.05) is 18.7 Å². The number of rotatable bonds is 8. The molecule has 0 unspecified atom stereocenters. The summed E-state index contributed by atoms with van der Waals surface area (Å²) in [5.41, 5.74) is 0.759. The van der Waals surface area contributed by atoms with Crippen molar-refractivity contribution in [2.75, 3.05) is 27.3 Å². The van der Waals surface area contributed by atoms with E-state index in [1.807, 2.05) is 19.9 Å². The lowest BCUT2D eigenvalue weighted by atomic mass is 10.1. The molecule has 0 spiro atoms. The van der Waals surface area contributed by atoms with Crippen LogP contribution in [0.4, 0.5) is 0 Å². The molecule has 0 saturated heterocycles. The number of hydrogen-bond acceptors (Lipinski definition) is 5. The number of nitrogens with zero attached hydrogens (tertiary/aromatic N) is 1. The lowest BCUT2D eigenvalue weighted by Crippen LogP contribution is -2.36. The van der Waals surface area contributed by atoms with Crippen LogP contribution in [0.1, 0.15) is 35.9 Å².